The molecule has 8 heteroatoms. The zero-order valence-corrected chi connectivity index (χ0v) is 13.3. The molecule has 0 bridgehead atoms. The molecule has 3 aromatic rings. The van der Waals surface area contributed by atoms with Gasteiger partial charge in [-0.25, -0.2) is 13.1 Å². The van der Waals surface area contributed by atoms with E-state index in [1.54, 1.807) is 47.4 Å². The summed E-state index contributed by atoms with van der Waals surface area (Å²) in [6, 6.07) is 14.1. The van der Waals surface area contributed by atoms with Gasteiger partial charge in [-0.3, -0.25) is 9.52 Å². The van der Waals surface area contributed by atoms with Gasteiger partial charge in [-0.15, -0.1) is 0 Å². The molecule has 1 amide bonds. The molecule has 0 aliphatic heterocycles. The summed E-state index contributed by atoms with van der Waals surface area (Å²) in [6.07, 6.45) is 3.39. The van der Waals surface area contributed by atoms with Crippen molar-refractivity contribution in [2.75, 3.05) is 4.72 Å². The number of anilines is 1. The number of aromatic nitrogens is 2. The Kier molecular flexibility index (Phi) is 4.05. The predicted molar refractivity (Wildman–Crippen MR) is 89.3 cm³/mol. The predicted octanol–water partition coefficient (Wildman–Crippen LogP) is 1.77. The van der Waals surface area contributed by atoms with E-state index in [0.717, 1.165) is 5.69 Å². The van der Waals surface area contributed by atoms with Gasteiger partial charge in [0, 0.05) is 12.4 Å². The van der Waals surface area contributed by atoms with Crippen LogP contribution in [0.15, 0.2) is 71.9 Å². The molecule has 0 saturated carbocycles. The molecule has 24 heavy (non-hydrogen) atoms. The fourth-order valence-corrected chi connectivity index (χ4v) is 3.27. The van der Waals surface area contributed by atoms with Crippen LogP contribution in [0.4, 0.5) is 5.69 Å². The minimum Gasteiger partial charge on any atom is -0.366 e. The first-order valence-electron chi connectivity index (χ1n) is 6.99. The van der Waals surface area contributed by atoms with Crippen LogP contribution in [0, 0.1) is 0 Å². The Morgan fingerprint density at radius 2 is 1.75 bits per heavy atom. The first kappa shape index (κ1) is 15.8. The summed E-state index contributed by atoms with van der Waals surface area (Å²) in [5.41, 5.74) is 6.24. The summed E-state index contributed by atoms with van der Waals surface area (Å²) in [5.74, 6) is -0.706. The number of primary amides is 1. The van der Waals surface area contributed by atoms with E-state index in [4.69, 9.17) is 5.73 Å². The molecular weight excluding hydrogens is 328 g/mol. The Morgan fingerprint density at radius 3 is 2.38 bits per heavy atom. The van der Waals surface area contributed by atoms with E-state index in [-0.39, 0.29) is 16.1 Å². The maximum absolute atomic E-state index is 12.5. The van der Waals surface area contributed by atoms with Gasteiger partial charge < -0.3 is 5.73 Å². The van der Waals surface area contributed by atoms with Gasteiger partial charge in [0.25, 0.3) is 15.9 Å². The van der Waals surface area contributed by atoms with E-state index < -0.39 is 15.9 Å². The van der Waals surface area contributed by atoms with Gasteiger partial charge in [-0.05, 0) is 42.5 Å². The van der Waals surface area contributed by atoms with E-state index in [0.29, 0.717) is 0 Å². The van der Waals surface area contributed by atoms with Crippen molar-refractivity contribution in [2.24, 2.45) is 5.73 Å². The number of nitrogens with zero attached hydrogens (tertiary/aromatic N) is 2. The Hall–Kier alpha value is -3.13. The number of carbonyl (C=O) groups is 1. The number of carbonyl (C=O) groups excluding carboxylic acids is 1. The van der Waals surface area contributed by atoms with Gasteiger partial charge in [0.1, 0.15) is 0 Å². The molecule has 0 radical (unpaired) electrons. The smallest absolute Gasteiger partial charge is 0.261 e. The zero-order valence-electron chi connectivity index (χ0n) is 12.5. The molecule has 1 aromatic heterocycles. The third-order valence-electron chi connectivity index (χ3n) is 3.35. The SMILES string of the molecule is NC(=O)c1ccccc1NS(=O)(=O)c1ccc(-n2cccn2)cc1. The highest BCUT2D eigenvalue weighted by molar-refractivity contribution is 7.92. The quantitative estimate of drug-likeness (QED) is 0.737. The maximum Gasteiger partial charge on any atom is 0.261 e. The van der Waals surface area contributed by atoms with Crippen LogP contribution in [0.2, 0.25) is 0 Å². The van der Waals surface area contributed by atoms with E-state index >= 15 is 0 Å². The normalized spacial score (nSPS) is 11.2. The molecule has 0 atom stereocenters. The summed E-state index contributed by atoms with van der Waals surface area (Å²) in [7, 11) is -3.84. The van der Waals surface area contributed by atoms with Crippen molar-refractivity contribution in [1.82, 2.24) is 9.78 Å². The van der Waals surface area contributed by atoms with Crippen molar-refractivity contribution in [3.63, 3.8) is 0 Å². The molecule has 3 rings (SSSR count). The van der Waals surface area contributed by atoms with E-state index in [9.17, 15) is 13.2 Å². The summed E-state index contributed by atoms with van der Waals surface area (Å²) >= 11 is 0. The lowest BCUT2D eigenvalue weighted by atomic mass is 10.2. The van der Waals surface area contributed by atoms with Gasteiger partial charge in [-0.2, -0.15) is 5.10 Å². The Labute approximate surface area is 138 Å². The Morgan fingerprint density at radius 1 is 1.04 bits per heavy atom. The minimum atomic E-state index is -3.84. The average molecular weight is 342 g/mol. The topological polar surface area (TPSA) is 107 Å². The number of sulfonamides is 1. The summed E-state index contributed by atoms with van der Waals surface area (Å²) in [6.45, 7) is 0. The highest BCUT2D eigenvalue weighted by atomic mass is 32.2. The number of nitrogens with one attached hydrogen (secondary N) is 1. The van der Waals surface area contributed by atoms with Crippen molar-refractivity contribution in [3.8, 4) is 5.69 Å². The molecule has 0 aliphatic rings. The molecule has 2 aromatic carbocycles. The van der Waals surface area contributed by atoms with Crippen LogP contribution in [-0.4, -0.2) is 24.1 Å². The van der Waals surface area contributed by atoms with Crippen LogP contribution in [0.1, 0.15) is 10.4 Å². The molecule has 3 N–H and O–H groups in total. The number of para-hydroxylation sites is 1. The van der Waals surface area contributed by atoms with Gasteiger partial charge in [0.2, 0.25) is 0 Å². The second kappa shape index (κ2) is 6.17. The lowest BCUT2D eigenvalue weighted by molar-refractivity contribution is 0.100. The largest absolute Gasteiger partial charge is 0.366 e. The van der Waals surface area contributed by atoms with Crippen LogP contribution < -0.4 is 10.5 Å². The van der Waals surface area contributed by atoms with E-state index in [1.807, 2.05) is 0 Å². The number of nitrogens with two attached hydrogens (primary N) is 1. The number of amides is 1. The number of hydrogen-bond acceptors (Lipinski definition) is 4. The molecule has 0 fully saturated rings. The third-order valence-corrected chi connectivity index (χ3v) is 4.73. The van der Waals surface area contributed by atoms with E-state index in [1.165, 1.54) is 24.3 Å². The van der Waals surface area contributed by atoms with Crippen LogP contribution in [0.5, 0.6) is 0 Å². The monoisotopic (exact) mass is 342 g/mol. The van der Waals surface area contributed by atoms with Crippen LogP contribution in [0.25, 0.3) is 5.69 Å². The molecule has 0 saturated heterocycles. The average Bonchev–Trinajstić information content (AvgIpc) is 3.09. The Balaban J connectivity index is 1.90. The standard InChI is InChI=1S/C16H14N4O3S/c17-16(21)14-4-1-2-5-15(14)19-24(22,23)13-8-6-12(7-9-13)20-11-3-10-18-20/h1-11,19H,(H2,17,21). The number of hydrogen-bond donors (Lipinski definition) is 2. The second-order valence-electron chi connectivity index (χ2n) is 4.96. The van der Waals surface area contributed by atoms with Crippen molar-refractivity contribution in [3.05, 3.63) is 72.6 Å². The molecule has 1 heterocycles. The molecule has 0 unspecified atom stereocenters. The minimum absolute atomic E-state index is 0.0673. The molecule has 122 valence electrons. The first-order valence-corrected chi connectivity index (χ1v) is 8.47. The summed E-state index contributed by atoms with van der Waals surface area (Å²) in [5, 5.41) is 4.08. The van der Waals surface area contributed by atoms with Crippen molar-refractivity contribution >= 4 is 21.6 Å². The highest BCUT2D eigenvalue weighted by Crippen LogP contribution is 2.20. The van der Waals surface area contributed by atoms with Gasteiger partial charge in [0.15, 0.2) is 0 Å². The van der Waals surface area contributed by atoms with Gasteiger partial charge in [-0.1, -0.05) is 12.1 Å². The second-order valence-corrected chi connectivity index (χ2v) is 6.64. The summed E-state index contributed by atoms with van der Waals surface area (Å²) < 4.78 is 29.0. The van der Waals surface area contributed by atoms with Crippen molar-refractivity contribution < 1.29 is 13.2 Å². The molecule has 0 aliphatic carbocycles. The van der Waals surface area contributed by atoms with Crippen LogP contribution in [0.3, 0.4) is 0 Å². The third kappa shape index (κ3) is 3.13. The van der Waals surface area contributed by atoms with Gasteiger partial charge >= 0.3 is 0 Å². The maximum atomic E-state index is 12.5. The molecular formula is C16H14N4O3S. The van der Waals surface area contributed by atoms with Gasteiger partial charge in [0.05, 0.1) is 21.8 Å². The van der Waals surface area contributed by atoms with Crippen molar-refractivity contribution in [1.29, 1.82) is 0 Å². The fourth-order valence-electron chi connectivity index (χ4n) is 2.19. The fraction of sp³-hybridized carbons (Fsp3) is 0. The van der Waals surface area contributed by atoms with Crippen LogP contribution >= 0.6 is 0 Å². The number of benzene rings is 2. The highest BCUT2D eigenvalue weighted by Gasteiger charge is 2.17. The molecule has 7 nitrogen and oxygen atoms in total. The first-order chi connectivity index (χ1) is 11.5. The lowest BCUT2D eigenvalue weighted by Crippen LogP contribution is -2.18. The van der Waals surface area contributed by atoms with E-state index in [2.05, 4.69) is 9.82 Å². The zero-order chi connectivity index (χ0) is 17.2. The Bertz CT molecular complexity index is 965. The summed E-state index contributed by atoms with van der Waals surface area (Å²) in [4.78, 5) is 11.5. The van der Waals surface area contributed by atoms with Crippen molar-refractivity contribution in [2.45, 2.75) is 4.90 Å². The molecule has 0 spiro atoms. The number of rotatable bonds is 5. The lowest BCUT2D eigenvalue weighted by Gasteiger charge is -2.11. The van der Waals surface area contributed by atoms with Crippen LogP contribution in [-0.2, 0) is 10.0 Å².